The molecule has 0 bridgehead atoms. The highest BCUT2D eigenvalue weighted by molar-refractivity contribution is 7.15. The van der Waals surface area contributed by atoms with E-state index in [0.717, 1.165) is 62.5 Å². The van der Waals surface area contributed by atoms with Gasteiger partial charge in [0.2, 0.25) is 15.9 Å². The number of piperidine rings is 1. The summed E-state index contributed by atoms with van der Waals surface area (Å²) in [4.78, 5) is 44.2. The maximum Gasteiger partial charge on any atom is 0.286 e. The van der Waals surface area contributed by atoms with Crippen LogP contribution < -0.4 is 10.6 Å². The second-order valence-electron chi connectivity index (χ2n) is 9.67. The third-order valence-electron chi connectivity index (χ3n) is 6.83. The molecule has 3 amide bonds. The van der Waals surface area contributed by atoms with Crippen molar-refractivity contribution < 1.29 is 14.4 Å². The lowest BCUT2D eigenvalue weighted by atomic mass is 9.93. The van der Waals surface area contributed by atoms with Gasteiger partial charge in [0.15, 0.2) is 0 Å². The van der Waals surface area contributed by atoms with Crippen molar-refractivity contribution in [2.45, 2.75) is 26.2 Å². The molecular formula is C25H35N7O3S. The normalized spacial score (nSPS) is 17.7. The molecule has 2 aliphatic rings. The third-order valence-corrected chi connectivity index (χ3v) is 7.74. The van der Waals surface area contributed by atoms with Crippen LogP contribution >= 0.6 is 11.3 Å². The Bertz CT molecular complexity index is 1040. The zero-order valence-electron chi connectivity index (χ0n) is 21.0. The minimum Gasteiger partial charge on any atom is -0.355 e. The third kappa shape index (κ3) is 7.31. The van der Waals surface area contributed by atoms with Crippen LogP contribution in [0.15, 0.2) is 24.3 Å². The van der Waals surface area contributed by atoms with Crippen LogP contribution in [-0.4, -0.2) is 102 Å². The van der Waals surface area contributed by atoms with E-state index in [9.17, 15) is 14.4 Å². The summed E-state index contributed by atoms with van der Waals surface area (Å²) >= 11 is 1.00. The number of anilines is 1. The smallest absolute Gasteiger partial charge is 0.286 e. The van der Waals surface area contributed by atoms with E-state index in [1.54, 1.807) is 4.90 Å². The summed E-state index contributed by atoms with van der Waals surface area (Å²) in [6.07, 6.45) is 2.04. The van der Waals surface area contributed by atoms with Crippen molar-refractivity contribution in [2.75, 3.05) is 64.7 Å². The Labute approximate surface area is 216 Å². The highest BCUT2D eigenvalue weighted by Crippen LogP contribution is 2.23. The van der Waals surface area contributed by atoms with Crippen molar-refractivity contribution in [1.29, 1.82) is 0 Å². The molecule has 0 aliphatic carbocycles. The number of amides is 3. The Kier molecular flexibility index (Phi) is 9.00. The zero-order chi connectivity index (χ0) is 25.5. The molecule has 0 radical (unpaired) electrons. The summed E-state index contributed by atoms with van der Waals surface area (Å²) in [5, 5.41) is 14.1. The number of likely N-dealkylation sites (N-methyl/N-ethyl adjacent to an activating group) is 1. The first-order valence-electron chi connectivity index (χ1n) is 12.6. The van der Waals surface area contributed by atoms with Crippen molar-refractivity contribution in [2.24, 2.45) is 5.92 Å². The Morgan fingerprint density at radius 3 is 2.33 bits per heavy atom. The van der Waals surface area contributed by atoms with E-state index >= 15 is 0 Å². The van der Waals surface area contributed by atoms with Gasteiger partial charge in [-0.1, -0.05) is 29.0 Å². The molecular weight excluding hydrogens is 478 g/mol. The first kappa shape index (κ1) is 26.2. The summed E-state index contributed by atoms with van der Waals surface area (Å²) in [7, 11) is 2.13. The minimum atomic E-state index is -0.382. The van der Waals surface area contributed by atoms with Gasteiger partial charge in [-0.15, -0.1) is 10.2 Å². The van der Waals surface area contributed by atoms with Crippen LogP contribution in [0.4, 0.5) is 5.69 Å². The Morgan fingerprint density at radius 1 is 0.972 bits per heavy atom. The topological polar surface area (TPSA) is 111 Å². The van der Waals surface area contributed by atoms with E-state index in [1.165, 1.54) is 0 Å². The molecule has 0 atom stereocenters. The van der Waals surface area contributed by atoms with Gasteiger partial charge in [-0.3, -0.25) is 19.3 Å². The molecule has 2 saturated heterocycles. The fraction of sp³-hybridized carbons (Fsp3) is 0.560. The predicted molar refractivity (Wildman–Crippen MR) is 139 cm³/mol. The largest absolute Gasteiger partial charge is 0.355 e. The van der Waals surface area contributed by atoms with Crippen LogP contribution in [0.3, 0.4) is 0 Å². The molecule has 1 aromatic carbocycles. The number of carbonyl (C=O) groups is 3. The van der Waals surface area contributed by atoms with Crippen LogP contribution in [-0.2, 0) is 4.79 Å². The number of likely N-dealkylation sites (tertiary alicyclic amines) is 1. The number of nitrogens with zero attached hydrogens (tertiary/aromatic N) is 5. The number of rotatable bonds is 8. The molecule has 2 fully saturated rings. The first-order valence-corrected chi connectivity index (χ1v) is 13.4. The van der Waals surface area contributed by atoms with Gasteiger partial charge >= 0.3 is 0 Å². The monoisotopic (exact) mass is 513 g/mol. The van der Waals surface area contributed by atoms with E-state index < -0.39 is 0 Å². The summed E-state index contributed by atoms with van der Waals surface area (Å²) in [5.74, 6) is -0.241. The predicted octanol–water partition coefficient (Wildman–Crippen LogP) is 1.70. The highest BCUT2D eigenvalue weighted by Gasteiger charge is 2.28. The lowest BCUT2D eigenvalue weighted by molar-refractivity contribution is -0.122. The molecule has 0 saturated carbocycles. The van der Waals surface area contributed by atoms with E-state index in [0.29, 0.717) is 31.7 Å². The maximum absolute atomic E-state index is 12.9. The minimum absolute atomic E-state index is 0.0854. The summed E-state index contributed by atoms with van der Waals surface area (Å²) in [6.45, 7) is 8.93. The summed E-state index contributed by atoms with van der Waals surface area (Å²) in [6, 6.07) is 7.45. The number of hydrogen-bond acceptors (Lipinski definition) is 8. The molecule has 3 heterocycles. The molecule has 2 N–H and O–H groups in total. The van der Waals surface area contributed by atoms with Crippen molar-refractivity contribution in [1.82, 2.24) is 30.2 Å². The number of hydrogen-bond donors (Lipinski definition) is 2. The highest BCUT2D eigenvalue weighted by atomic mass is 32.1. The molecule has 4 rings (SSSR count). The Morgan fingerprint density at radius 2 is 1.64 bits per heavy atom. The van der Waals surface area contributed by atoms with Crippen molar-refractivity contribution >= 4 is 34.7 Å². The van der Waals surface area contributed by atoms with E-state index in [1.807, 2.05) is 31.2 Å². The summed E-state index contributed by atoms with van der Waals surface area (Å²) < 4.78 is 0. The second-order valence-corrected chi connectivity index (χ2v) is 10.6. The fourth-order valence-corrected chi connectivity index (χ4v) is 5.16. The maximum atomic E-state index is 12.9. The molecule has 10 nitrogen and oxygen atoms in total. The van der Waals surface area contributed by atoms with E-state index in [-0.39, 0.29) is 33.7 Å². The number of piperazine rings is 1. The number of nitrogens with one attached hydrogen (secondary N) is 2. The van der Waals surface area contributed by atoms with Crippen LogP contribution in [0.1, 0.15) is 44.4 Å². The van der Waals surface area contributed by atoms with Gasteiger partial charge in [0, 0.05) is 64.5 Å². The molecule has 2 aliphatic heterocycles. The van der Waals surface area contributed by atoms with Gasteiger partial charge < -0.3 is 20.4 Å². The Hall–Kier alpha value is -2.89. The quantitative estimate of drug-likeness (QED) is 0.553. The van der Waals surface area contributed by atoms with Gasteiger partial charge in [0.25, 0.3) is 11.8 Å². The number of carbonyl (C=O) groups excluding carboxylic acids is 3. The standard InChI is InChI=1S/C25H35N7O3S/c1-18-3-5-20(6-4-18)27-22(34)23-28-29-24(36-23)25(35)32-10-7-19(8-11-32)17-21(33)26-9-12-31-15-13-30(2)14-16-31/h3-6,19H,7-17H2,1-2H3,(H,26,33)(H,27,34). The molecule has 1 aromatic heterocycles. The van der Waals surface area contributed by atoms with E-state index in [2.05, 4.69) is 37.7 Å². The van der Waals surface area contributed by atoms with Crippen LogP contribution in [0.2, 0.25) is 0 Å². The molecule has 194 valence electrons. The van der Waals surface area contributed by atoms with Gasteiger partial charge in [-0.25, -0.2) is 0 Å². The van der Waals surface area contributed by atoms with Crippen molar-refractivity contribution in [3.05, 3.63) is 39.8 Å². The van der Waals surface area contributed by atoms with Crippen LogP contribution in [0.25, 0.3) is 0 Å². The molecule has 36 heavy (non-hydrogen) atoms. The number of aryl methyl sites for hydroxylation is 1. The van der Waals surface area contributed by atoms with Crippen molar-refractivity contribution in [3.63, 3.8) is 0 Å². The van der Waals surface area contributed by atoms with Gasteiger partial charge in [0.1, 0.15) is 0 Å². The Balaban J connectivity index is 1.17. The molecule has 0 spiro atoms. The lowest BCUT2D eigenvalue weighted by Crippen LogP contribution is -2.47. The fourth-order valence-electron chi connectivity index (χ4n) is 4.46. The molecule has 2 aromatic rings. The average Bonchev–Trinajstić information content (AvgIpc) is 3.37. The van der Waals surface area contributed by atoms with Crippen LogP contribution in [0, 0.1) is 12.8 Å². The number of benzene rings is 1. The zero-order valence-corrected chi connectivity index (χ0v) is 21.9. The van der Waals surface area contributed by atoms with Crippen molar-refractivity contribution in [3.8, 4) is 0 Å². The summed E-state index contributed by atoms with van der Waals surface area (Å²) in [5.41, 5.74) is 1.77. The van der Waals surface area contributed by atoms with Gasteiger partial charge in [-0.05, 0) is 44.9 Å². The SMILES string of the molecule is Cc1ccc(NC(=O)c2nnc(C(=O)N3CCC(CC(=O)NCCN4CCN(C)CC4)CC3)s2)cc1. The molecule has 11 heteroatoms. The van der Waals surface area contributed by atoms with Crippen LogP contribution in [0.5, 0.6) is 0 Å². The second kappa shape index (κ2) is 12.4. The van der Waals surface area contributed by atoms with Gasteiger partial charge in [-0.2, -0.15) is 0 Å². The molecule has 0 unspecified atom stereocenters. The number of aromatic nitrogens is 2. The first-order chi connectivity index (χ1) is 17.4. The van der Waals surface area contributed by atoms with Gasteiger partial charge in [0.05, 0.1) is 0 Å². The van der Waals surface area contributed by atoms with E-state index in [4.69, 9.17) is 0 Å². The lowest BCUT2D eigenvalue weighted by Gasteiger charge is -2.32. The average molecular weight is 514 g/mol.